The van der Waals surface area contributed by atoms with Gasteiger partial charge in [0, 0.05) is 36.5 Å². The lowest BCUT2D eigenvalue weighted by molar-refractivity contribution is -0.119. The van der Waals surface area contributed by atoms with E-state index in [1.807, 2.05) is 4.90 Å². The maximum Gasteiger partial charge on any atom is 0.235 e. The molecule has 1 aromatic heterocycles. The number of nitrogens with one attached hydrogen (secondary N) is 1. The third-order valence-electron chi connectivity index (χ3n) is 4.19. The number of sulfone groups is 1. The van der Waals surface area contributed by atoms with Crippen molar-refractivity contribution in [2.45, 2.75) is 23.8 Å². The third kappa shape index (κ3) is 4.70. The fourth-order valence-electron chi connectivity index (χ4n) is 2.85. The van der Waals surface area contributed by atoms with E-state index in [4.69, 9.17) is 11.6 Å². The first-order chi connectivity index (χ1) is 12.4. The Hall–Kier alpha value is -2.19. The molecule has 0 bridgehead atoms. The molecule has 0 aliphatic carbocycles. The van der Waals surface area contributed by atoms with Gasteiger partial charge in [0.05, 0.1) is 4.90 Å². The van der Waals surface area contributed by atoms with E-state index in [0.29, 0.717) is 36.9 Å². The van der Waals surface area contributed by atoms with Gasteiger partial charge in [-0.2, -0.15) is 0 Å². The number of anilines is 1. The van der Waals surface area contributed by atoms with Crippen LogP contribution in [0, 0.1) is 0 Å². The lowest BCUT2D eigenvalue weighted by atomic mass is 10.1. The quantitative estimate of drug-likeness (QED) is 0.829. The molecule has 0 atom stereocenters. The summed E-state index contributed by atoms with van der Waals surface area (Å²) >= 11 is 5.77. The summed E-state index contributed by atoms with van der Waals surface area (Å²) in [5, 5.41) is 3.26. The molecule has 1 aliphatic heterocycles. The molecule has 2 heterocycles. The average Bonchev–Trinajstić information content (AvgIpc) is 2.63. The van der Waals surface area contributed by atoms with Crippen LogP contribution in [0.3, 0.4) is 0 Å². The van der Waals surface area contributed by atoms with Crippen molar-refractivity contribution in [3.8, 4) is 0 Å². The van der Waals surface area contributed by atoms with Crippen LogP contribution < -0.4 is 10.2 Å². The molecule has 9 heteroatoms. The van der Waals surface area contributed by atoms with E-state index in [0.717, 1.165) is 0 Å². The lowest BCUT2D eigenvalue weighted by Crippen LogP contribution is -2.46. The monoisotopic (exact) mass is 394 g/mol. The van der Waals surface area contributed by atoms with Crippen LogP contribution in [0.1, 0.15) is 12.8 Å². The van der Waals surface area contributed by atoms with E-state index in [9.17, 15) is 13.2 Å². The van der Waals surface area contributed by atoms with Crippen molar-refractivity contribution in [2.75, 3.05) is 23.7 Å². The first kappa shape index (κ1) is 18.6. The van der Waals surface area contributed by atoms with Crippen LogP contribution in [0.4, 0.5) is 5.95 Å². The summed E-state index contributed by atoms with van der Waals surface area (Å²) in [7, 11) is -3.68. The van der Waals surface area contributed by atoms with E-state index in [2.05, 4.69) is 15.3 Å². The minimum absolute atomic E-state index is 0.0529. The van der Waals surface area contributed by atoms with Crippen LogP contribution in [0.5, 0.6) is 0 Å². The standard InChI is InChI=1S/C17H19ClN4O3S/c18-13-2-4-15(5-3-13)26(24,25)12-16(23)21-14-6-10-22(11-7-14)17-19-8-1-9-20-17/h1-5,8-9,14H,6-7,10-12H2,(H,21,23). The normalized spacial score (nSPS) is 15.7. The van der Waals surface area contributed by atoms with Gasteiger partial charge in [-0.15, -0.1) is 0 Å². The van der Waals surface area contributed by atoms with Crippen LogP contribution in [-0.4, -0.2) is 49.2 Å². The molecule has 0 spiro atoms. The van der Waals surface area contributed by atoms with Gasteiger partial charge in [0.1, 0.15) is 5.75 Å². The molecule has 1 N–H and O–H groups in total. The van der Waals surface area contributed by atoms with E-state index < -0.39 is 21.5 Å². The summed E-state index contributed by atoms with van der Waals surface area (Å²) in [5.74, 6) is -0.395. The number of piperidine rings is 1. The van der Waals surface area contributed by atoms with Crippen LogP contribution in [0.15, 0.2) is 47.6 Å². The molecule has 26 heavy (non-hydrogen) atoms. The van der Waals surface area contributed by atoms with Crippen molar-refractivity contribution in [3.63, 3.8) is 0 Å². The van der Waals surface area contributed by atoms with Crippen LogP contribution in [-0.2, 0) is 14.6 Å². The van der Waals surface area contributed by atoms with Gasteiger partial charge in [0.2, 0.25) is 11.9 Å². The second kappa shape index (κ2) is 8.01. The molecule has 0 saturated carbocycles. The Bertz CT molecular complexity index is 851. The number of carbonyl (C=O) groups is 1. The van der Waals surface area contributed by atoms with Gasteiger partial charge in [-0.1, -0.05) is 11.6 Å². The van der Waals surface area contributed by atoms with E-state index in [-0.39, 0.29) is 10.9 Å². The van der Waals surface area contributed by atoms with Gasteiger partial charge in [-0.25, -0.2) is 18.4 Å². The Balaban J connectivity index is 1.52. The average molecular weight is 395 g/mol. The van der Waals surface area contributed by atoms with Crippen molar-refractivity contribution in [1.29, 1.82) is 0 Å². The summed E-state index contributed by atoms with van der Waals surface area (Å²) in [6, 6.07) is 7.51. The molecule has 7 nitrogen and oxygen atoms in total. The number of rotatable bonds is 5. The number of carbonyl (C=O) groups excluding carboxylic acids is 1. The summed E-state index contributed by atoms with van der Waals surface area (Å²) in [6.45, 7) is 1.41. The van der Waals surface area contributed by atoms with E-state index >= 15 is 0 Å². The number of aromatic nitrogens is 2. The first-order valence-corrected chi connectivity index (χ1v) is 10.3. The Labute approximate surface area is 157 Å². The second-order valence-corrected chi connectivity index (χ2v) is 8.52. The smallest absolute Gasteiger partial charge is 0.235 e. The van der Waals surface area contributed by atoms with Gasteiger partial charge >= 0.3 is 0 Å². The van der Waals surface area contributed by atoms with Gasteiger partial charge in [0.25, 0.3) is 0 Å². The largest absolute Gasteiger partial charge is 0.352 e. The fourth-order valence-corrected chi connectivity index (χ4v) is 4.12. The molecule has 1 saturated heterocycles. The van der Waals surface area contributed by atoms with Gasteiger partial charge in [-0.05, 0) is 43.2 Å². The number of benzene rings is 1. The molecule has 1 aliphatic rings. The summed E-state index contributed by atoms with van der Waals surface area (Å²) in [5.41, 5.74) is 0. The highest BCUT2D eigenvalue weighted by molar-refractivity contribution is 7.92. The predicted molar refractivity (Wildman–Crippen MR) is 98.9 cm³/mol. The van der Waals surface area contributed by atoms with Gasteiger partial charge < -0.3 is 10.2 Å². The van der Waals surface area contributed by atoms with Crippen molar-refractivity contribution < 1.29 is 13.2 Å². The van der Waals surface area contributed by atoms with Crippen LogP contribution in [0.25, 0.3) is 0 Å². The lowest BCUT2D eigenvalue weighted by Gasteiger charge is -2.32. The third-order valence-corrected chi connectivity index (χ3v) is 6.07. The summed E-state index contributed by atoms with van der Waals surface area (Å²) < 4.78 is 24.6. The molecule has 2 aromatic rings. The van der Waals surface area contributed by atoms with Crippen molar-refractivity contribution in [2.24, 2.45) is 0 Å². The summed E-state index contributed by atoms with van der Waals surface area (Å²) in [4.78, 5) is 22.7. The minimum atomic E-state index is -3.68. The number of hydrogen-bond donors (Lipinski definition) is 1. The van der Waals surface area contributed by atoms with Crippen LogP contribution in [0.2, 0.25) is 5.02 Å². The molecular formula is C17H19ClN4O3S. The molecule has 3 rings (SSSR count). The zero-order valence-corrected chi connectivity index (χ0v) is 15.6. The molecule has 1 fully saturated rings. The molecule has 1 amide bonds. The highest BCUT2D eigenvalue weighted by Crippen LogP contribution is 2.17. The Kier molecular flexibility index (Phi) is 5.73. The molecule has 0 radical (unpaired) electrons. The SMILES string of the molecule is O=C(CS(=O)(=O)c1ccc(Cl)cc1)NC1CCN(c2ncccn2)CC1. The van der Waals surface area contributed by atoms with E-state index in [1.165, 1.54) is 24.3 Å². The minimum Gasteiger partial charge on any atom is -0.352 e. The van der Waals surface area contributed by atoms with Crippen molar-refractivity contribution in [3.05, 3.63) is 47.7 Å². The Morgan fingerprint density at radius 2 is 1.77 bits per heavy atom. The number of halogens is 1. The maximum absolute atomic E-state index is 12.3. The number of amides is 1. The highest BCUT2D eigenvalue weighted by atomic mass is 35.5. The number of nitrogens with zero attached hydrogens (tertiary/aromatic N) is 3. The van der Waals surface area contributed by atoms with Crippen molar-refractivity contribution >= 4 is 33.3 Å². The molecule has 1 aromatic carbocycles. The van der Waals surface area contributed by atoms with Gasteiger partial charge in [-0.3, -0.25) is 4.79 Å². The van der Waals surface area contributed by atoms with Crippen LogP contribution >= 0.6 is 11.6 Å². The zero-order chi connectivity index (χ0) is 18.6. The number of hydrogen-bond acceptors (Lipinski definition) is 6. The first-order valence-electron chi connectivity index (χ1n) is 8.24. The molecule has 0 unspecified atom stereocenters. The maximum atomic E-state index is 12.3. The fraction of sp³-hybridized carbons (Fsp3) is 0.353. The Morgan fingerprint density at radius 1 is 1.15 bits per heavy atom. The topological polar surface area (TPSA) is 92.3 Å². The van der Waals surface area contributed by atoms with E-state index in [1.54, 1.807) is 18.5 Å². The zero-order valence-electron chi connectivity index (χ0n) is 14.0. The predicted octanol–water partition coefficient (Wildman–Crippen LogP) is 1.69. The van der Waals surface area contributed by atoms with Gasteiger partial charge in [0.15, 0.2) is 9.84 Å². The Morgan fingerprint density at radius 3 is 2.38 bits per heavy atom. The highest BCUT2D eigenvalue weighted by Gasteiger charge is 2.25. The molecular weight excluding hydrogens is 376 g/mol. The van der Waals surface area contributed by atoms with Crippen molar-refractivity contribution in [1.82, 2.24) is 15.3 Å². The second-order valence-electron chi connectivity index (χ2n) is 6.09. The molecule has 138 valence electrons. The summed E-state index contributed by atoms with van der Waals surface area (Å²) in [6.07, 6.45) is 4.81.